The lowest BCUT2D eigenvalue weighted by Crippen LogP contribution is -2.50. The number of aryl methyl sites for hydroxylation is 1. The topological polar surface area (TPSA) is 44.8 Å². The second-order valence-corrected chi connectivity index (χ2v) is 6.69. The van der Waals surface area contributed by atoms with Crippen LogP contribution in [-0.2, 0) is 6.42 Å². The van der Waals surface area contributed by atoms with Gasteiger partial charge in [-0.05, 0) is 42.7 Å². The molecule has 0 aliphatic carbocycles. The molecule has 3 rings (SSSR count). The zero-order chi connectivity index (χ0) is 18.4. The molecule has 0 unspecified atom stereocenters. The summed E-state index contributed by atoms with van der Waals surface area (Å²) in [5.74, 6) is 0.948. The summed E-state index contributed by atoms with van der Waals surface area (Å²) >= 11 is 0. The zero-order valence-electron chi connectivity index (χ0n) is 15.6. The van der Waals surface area contributed by atoms with Crippen LogP contribution in [0.4, 0.5) is 10.5 Å². The van der Waals surface area contributed by atoms with Crippen LogP contribution in [0.15, 0.2) is 48.5 Å². The van der Waals surface area contributed by atoms with Crippen molar-refractivity contribution < 1.29 is 9.53 Å². The van der Waals surface area contributed by atoms with Gasteiger partial charge in [0.15, 0.2) is 0 Å². The number of hydrogen-bond acceptors (Lipinski definition) is 3. The van der Waals surface area contributed by atoms with Crippen molar-refractivity contribution >= 4 is 11.7 Å². The lowest BCUT2D eigenvalue weighted by Gasteiger charge is -2.34. The summed E-state index contributed by atoms with van der Waals surface area (Å²) < 4.78 is 5.42. The molecule has 1 heterocycles. The number of nitrogens with zero attached hydrogens (tertiary/aromatic N) is 2. The van der Waals surface area contributed by atoms with Crippen LogP contribution in [0.1, 0.15) is 11.1 Å². The highest BCUT2D eigenvalue weighted by Crippen LogP contribution is 2.18. The fourth-order valence-corrected chi connectivity index (χ4v) is 3.29. The Morgan fingerprint density at radius 3 is 2.58 bits per heavy atom. The zero-order valence-corrected chi connectivity index (χ0v) is 15.6. The Morgan fingerprint density at radius 1 is 1.08 bits per heavy atom. The largest absolute Gasteiger partial charge is 0.496 e. The number of amides is 2. The number of piperazine rings is 1. The van der Waals surface area contributed by atoms with E-state index in [0.29, 0.717) is 0 Å². The molecule has 2 amide bonds. The van der Waals surface area contributed by atoms with Crippen molar-refractivity contribution in [2.24, 2.45) is 0 Å². The van der Waals surface area contributed by atoms with Gasteiger partial charge in [0.2, 0.25) is 0 Å². The number of methoxy groups -OCH3 is 1. The van der Waals surface area contributed by atoms with Crippen molar-refractivity contribution in [3.63, 3.8) is 0 Å². The molecule has 1 aliphatic rings. The molecule has 26 heavy (non-hydrogen) atoms. The third-order valence-electron chi connectivity index (χ3n) is 4.82. The predicted octanol–water partition coefficient (Wildman–Crippen LogP) is 3.40. The fraction of sp³-hybridized carbons (Fsp3) is 0.381. The normalized spacial score (nSPS) is 14.9. The maximum atomic E-state index is 12.4. The van der Waals surface area contributed by atoms with Crippen molar-refractivity contribution in [1.29, 1.82) is 0 Å². The van der Waals surface area contributed by atoms with E-state index in [9.17, 15) is 4.79 Å². The first-order chi connectivity index (χ1) is 12.7. The highest BCUT2D eigenvalue weighted by Gasteiger charge is 2.21. The maximum Gasteiger partial charge on any atom is 0.321 e. The summed E-state index contributed by atoms with van der Waals surface area (Å²) in [6, 6.07) is 16.0. The van der Waals surface area contributed by atoms with E-state index in [-0.39, 0.29) is 6.03 Å². The lowest BCUT2D eigenvalue weighted by molar-refractivity contribution is 0.148. The molecular formula is C21H27N3O2. The van der Waals surface area contributed by atoms with E-state index in [0.717, 1.165) is 56.1 Å². The fourth-order valence-electron chi connectivity index (χ4n) is 3.29. The number of urea groups is 1. The summed E-state index contributed by atoms with van der Waals surface area (Å²) in [7, 11) is 1.71. The van der Waals surface area contributed by atoms with Crippen molar-refractivity contribution in [2.75, 3.05) is 45.2 Å². The van der Waals surface area contributed by atoms with Crippen LogP contribution in [0.2, 0.25) is 0 Å². The van der Waals surface area contributed by atoms with Gasteiger partial charge < -0.3 is 15.0 Å². The van der Waals surface area contributed by atoms with E-state index in [2.05, 4.69) is 16.3 Å². The highest BCUT2D eigenvalue weighted by atomic mass is 16.5. The first-order valence-electron chi connectivity index (χ1n) is 9.12. The molecule has 138 valence electrons. The number of carbonyl (C=O) groups is 1. The number of carbonyl (C=O) groups excluding carboxylic acids is 1. The van der Waals surface area contributed by atoms with Crippen molar-refractivity contribution in [1.82, 2.24) is 9.80 Å². The van der Waals surface area contributed by atoms with Crippen LogP contribution in [0.5, 0.6) is 5.75 Å². The van der Waals surface area contributed by atoms with Gasteiger partial charge in [0.1, 0.15) is 5.75 Å². The molecule has 0 aromatic heterocycles. The summed E-state index contributed by atoms with van der Waals surface area (Å²) in [6.07, 6.45) is 0.958. The first-order valence-corrected chi connectivity index (χ1v) is 9.12. The second kappa shape index (κ2) is 8.72. The third-order valence-corrected chi connectivity index (χ3v) is 4.82. The van der Waals surface area contributed by atoms with Gasteiger partial charge in [0, 0.05) is 38.4 Å². The molecule has 1 saturated heterocycles. The predicted molar refractivity (Wildman–Crippen MR) is 105 cm³/mol. The van der Waals surface area contributed by atoms with Crippen LogP contribution in [0.3, 0.4) is 0 Å². The number of ether oxygens (including phenoxy) is 1. The Morgan fingerprint density at radius 2 is 1.85 bits per heavy atom. The van der Waals surface area contributed by atoms with Gasteiger partial charge >= 0.3 is 6.03 Å². The number of para-hydroxylation sites is 1. The van der Waals surface area contributed by atoms with E-state index < -0.39 is 0 Å². The minimum Gasteiger partial charge on any atom is -0.496 e. The molecule has 5 nitrogen and oxygen atoms in total. The lowest BCUT2D eigenvalue weighted by atomic mass is 10.1. The van der Waals surface area contributed by atoms with Crippen molar-refractivity contribution in [3.05, 3.63) is 59.7 Å². The Kier molecular flexibility index (Phi) is 6.12. The first kappa shape index (κ1) is 18.3. The molecule has 2 aromatic carbocycles. The molecule has 1 aliphatic heterocycles. The van der Waals surface area contributed by atoms with Crippen molar-refractivity contribution in [2.45, 2.75) is 13.3 Å². The van der Waals surface area contributed by atoms with Gasteiger partial charge in [0.25, 0.3) is 0 Å². The van der Waals surface area contributed by atoms with Gasteiger partial charge in [-0.2, -0.15) is 0 Å². The van der Waals surface area contributed by atoms with Crippen LogP contribution in [0.25, 0.3) is 0 Å². The Balaban J connectivity index is 1.46. The molecule has 1 N–H and O–H groups in total. The van der Waals surface area contributed by atoms with Crippen LogP contribution in [-0.4, -0.2) is 55.7 Å². The third kappa shape index (κ3) is 4.76. The molecule has 2 aromatic rings. The van der Waals surface area contributed by atoms with Gasteiger partial charge in [-0.15, -0.1) is 0 Å². The molecule has 0 saturated carbocycles. The Labute approximate surface area is 155 Å². The SMILES string of the molecule is COc1ccccc1CCN1CCN(C(=O)Nc2cccc(C)c2)CC1. The van der Waals surface area contributed by atoms with Gasteiger partial charge in [-0.3, -0.25) is 4.90 Å². The highest BCUT2D eigenvalue weighted by molar-refractivity contribution is 5.89. The summed E-state index contributed by atoms with van der Waals surface area (Å²) in [5.41, 5.74) is 3.23. The summed E-state index contributed by atoms with van der Waals surface area (Å²) in [4.78, 5) is 16.7. The average molecular weight is 353 g/mol. The molecule has 5 heteroatoms. The standard InChI is InChI=1S/C21H27N3O2/c1-17-6-5-8-19(16-17)22-21(25)24-14-12-23(13-15-24)11-10-18-7-3-4-9-20(18)26-2/h3-9,16H,10-15H2,1-2H3,(H,22,25). The number of nitrogens with one attached hydrogen (secondary N) is 1. The van der Waals surface area contributed by atoms with Crippen LogP contribution < -0.4 is 10.1 Å². The van der Waals surface area contributed by atoms with E-state index in [1.165, 1.54) is 5.56 Å². The quantitative estimate of drug-likeness (QED) is 0.896. The van der Waals surface area contributed by atoms with E-state index in [1.807, 2.05) is 54.3 Å². The Hall–Kier alpha value is -2.53. The Bertz CT molecular complexity index is 740. The number of anilines is 1. The molecule has 0 atom stereocenters. The molecule has 1 fully saturated rings. The number of hydrogen-bond donors (Lipinski definition) is 1. The molecular weight excluding hydrogens is 326 g/mol. The minimum atomic E-state index is -0.0139. The van der Waals surface area contributed by atoms with E-state index in [1.54, 1.807) is 7.11 Å². The minimum absolute atomic E-state index is 0.0139. The maximum absolute atomic E-state index is 12.4. The second-order valence-electron chi connectivity index (χ2n) is 6.69. The van der Waals surface area contributed by atoms with Gasteiger partial charge in [0.05, 0.1) is 7.11 Å². The van der Waals surface area contributed by atoms with Crippen LogP contribution >= 0.6 is 0 Å². The smallest absolute Gasteiger partial charge is 0.321 e. The summed E-state index contributed by atoms with van der Waals surface area (Å²) in [5, 5.41) is 2.99. The number of rotatable bonds is 5. The van der Waals surface area contributed by atoms with Gasteiger partial charge in [-0.1, -0.05) is 30.3 Å². The van der Waals surface area contributed by atoms with Crippen molar-refractivity contribution in [3.8, 4) is 5.75 Å². The molecule has 0 spiro atoms. The molecule has 0 bridgehead atoms. The van der Waals surface area contributed by atoms with E-state index in [4.69, 9.17) is 4.74 Å². The molecule has 0 radical (unpaired) electrons. The average Bonchev–Trinajstić information content (AvgIpc) is 2.67. The van der Waals surface area contributed by atoms with Crippen LogP contribution in [0, 0.1) is 6.92 Å². The van der Waals surface area contributed by atoms with Gasteiger partial charge in [-0.25, -0.2) is 4.79 Å². The monoisotopic (exact) mass is 353 g/mol. The number of benzene rings is 2. The summed E-state index contributed by atoms with van der Waals surface area (Å²) in [6.45, 7) is 6.31. The van der Waals surface area contributed by atoms with E-state index >= 15 is 0 Å².